The third kappa shape index (κ3) is 2.49. The molecule has 4 aliphatic carbocycles. The average molecular weight is 430 g/mol. The Morgan fingerprint density at radius 1 is 1.13 bits per heavy atom. The molecule has 4 aliphatic rings. The van der Waals surface area contributed by atoms with Crippen LogP contribution in [0.15, 0.2) is 39.8 Å². The number of rotatable bonds is 2. The third-order valence-corrected chi connectivity index (χ3v) is 9.32. The van der Waals surface area contributed by atoms with Gasteiger partial charge in [0, 0.05) is 29.7 Å². The summed E-state index contributed by atoms with van der Waals surface area (Å²) in [5, 5.41) is 46.0. The molecular weight excluding hydrogens is 400 g/mol. The van der Waals surface area contributed by atoms with E-state index in [1.807, 2.05) is 13.0 Å². The molecular formula is C24H30O7. The van der Waals surface area contributed by atoms with Crippen molar-refractivity contribution in [1.29, 1.82) is 0 Å². The standard InChI is InChI=1S/C24H30O7/c1-21-10-16(26)20-15(6-9-23(29)8-3-2-7-22(20,23)13-25)24(21,30)11-17(27)19(21)14-4-5-18(28)31-12-14/h3-5,8,12-13,15-17,19-20,26-27,29-30H,2,6-7,9-11H2,1H3/t15-,16-,17+,19+,20-,21-,22+,23-,24+/m1/s1. The maximum absolute atomic E-state index is 12.5. The summed E-state index contributed by atoms with van der Waals surface area (Å²) in [6, 6.07) is 2.90. The van der Waals surface area contributed by atoms with Crippen LogP contribution in [0.25, 0.3) is 0 Å². The fourth-order valence-corrected chi connectivity index (χ4v) is 7.98. The summed E-state index contributed by atoms with van der Waals surface area (Å²) in [5.41, 5.74) is -4.62. The zero-order chi connectivity index (χ0) is 22.2. The van der Waals surface area contributed by atoms with Gasteiger partial charge in [-0.3, -0.25) is 0 Å². The summed E-state index contributed by atoms with van der Waals surface area (Å²) in [5.74, 6) is -1.59. The van der Waals surface area contributed by atoms with Crippen LogP contribution in [-0.2, 0) is 4.79 Å². The van der Waals surface area contributed by atoms with Crippen LogP contribution in [0, 0.1) is 22.7 Å². The molecule has 0 amide bonds. The van der Waals surface area contributed by atoms with Crippen LogP contribution in [-0.4, -0.2) is 50.1 Å². The highest BCUT2D eigenvalue weighted by Crippen LogP contribution is 2.70. The molecule has 3 saturated carbocycles. The van der Waals surface area contributed by atoms with E-state index in [-0.39, 0.29) is 12.8 Å². The van der Waals surface area contributed by atoms with Crippen LogP contribution >= 0.6 is 0 Å². The van der Waals surface area contributed by atoms with Gasteiger partial charge >= 0.3 is 5.63 Å². The first-order chi connectivity index (χ1) is 14.6. The first-order valence-corrected chi connectivity index (χ1v) is 11.2. The molecule has 7 heteroatoms. The Morgan fingerprint density at radius 3 is 2.58 bits per heavy atom. The number of allylic oxidation sites excluding steroid dienone is 1. The van der Waals surface area contributed by atoms with Crippen molar-refractivity contribution >= 4 is 6.29 Å². The third-order valence-electron chi connectivity index (χ3n) is 9.32. The van der Waals surface area contributed by atoms with Crippen molar-refractivity contribution in [1.82, 2.24) is 0 Å². The molecule has 0 radical (unpaired) electrons. The van der Waals surface area contributed by atoms with Gasteiger partial charge in [0.1, 0.15) is 6.29 Å². The van der Waals surface area contributed by atoms with Gasteiger partial charge in [0.15, 0.2) is 0 Å². The lowest BCUT2D eigenvalue weighted by atomic mass is 9.42. The molecule has 3 fully saturated rings. The SMILES string of the molecule is C[C@]12C[C@@H](O)[C@H]3[C@@H](CC[C@]4(O)C=CCC[C@]34C=O)[C@@]1(O)C[C@H](O)[C@@H]2c1ccc(=O)oc1. The van der Waals surface area contributed by atoms with Crippen molar-refractivity contribution in [2.75, 3.05) is 0 Å². The number of carbonyl (C=O) groups is 1. The number of carbonyl (C=O) groups excluding carboxylic acids is 1. The Balaban J connectivity index is 1.62. The molecule has 168 valence electrons. The summed E-state index contributed by atoms with van der Waals surface area (Å²) in [6.45, 7) is 1.87. The second-order valence-electron chi connectivity index (χ2n) is 10.4. The van der Waals surface area contributed by atoms with Crippen LogP contribution in [0.1, 0.15) is 56.9 Å². The molecule has 1 aromatic rings. The van der Waals surface area contributed by atoms with Gasteiger partial charge in [-0.1, -0.05) is 19.1 Å². The number of hydrogen-bond donors (Lipinski definition) is 4. The Morgan fingerprint density at radius 2 is 1.90 bits per heavy atom. The van der Waals surface area contributed by atoms with E-state index in [2.05, 4.69) is 0 Å². The fraction of sp³-hybridized carbons (Fsp3) is 0.667. The largest absolute Gasteiger partial charge is 0.431 e. The van der Waals surface area contributed by atoms with Crippen LogP contribution < -0.4 is 5.63 Å². The zero-order valence-electron chi connectivity index (χ0n) is 17.6. The van der Waals surface area contributed by atoms with Gasteiger partial charge < -0.3 is 29.6 Å². The summed E-state index contributed by atoms with van der Waals surface area (Å²) in [7, 11) is 0. The average Bonchev–Trinajstić information content (AvgIpc) is 2.93. The van der Waals surface area contributed by atoms with E-state index < -0.39 is 57.6 Å². The molecule has 0 saturated heterocycles. The molecule has 0 unspecified atom stereocenters. The molecule has 1 aromatic heterocycles. The first-order valence-electron chi connectivity index (χ1n) is 11.2. The molecule has 9 atom stereocenters. The van der Waals surface area contributed by atoms with Gasteiger partial charge in [0.25, 0.3) is 0 Å². The molecule has 31 heavy (non-hydrogen) atoms. The van der Waals surface area contributed by atoms with Crippen LogP contribution in [0.2, 0.25) is 0 Å². The monoisotopic (exact) mass is 430 g/mol. The van der Waals surface area contributed by atoms with Crippen molar-refractivity contribution in [3.05, 3.63) is 46.5 Å². The van der Waals surface area contributed by atoms with Crippen LogP contribution in [0.4, 0.5) is 0 Å². The second kappa shape index (κ2) is 6.61. The molecule has 5 rings (SSSR count). The lowest BCUT2D eigenvalue weighted by molar-refractivity contribution is -0.251. The van der Waals surface area contributed by atoms with Crippen molar-refractivity contribution in [3.63, 3.8) is 0 Å². The molecule has 0 aromatic carbocycles. The number of hydrogen-bond acceptors (Lipinski definition) is 7. The minimum atomic E-state index is -1.34. The topological polar surface area (TPSA) is 128 Å². The summed E-state index contributed by atoms with van der Waals surface area (Å²) in [4.78, 5) is 23.9. The quantitative estimate of drug-likeness (QED) is 0.411. The number of fused-ring (bicyclic) bond motifs is 5. The molecule has 7 nitrogen and oxygen atoms in total. The highest BCUT2D eigenvalue weighted by atomic mass is 16.4. The lowest BCUT2D eigenvalue weighted by Crippen LogP contribution is -2.70. The lowest BCUT2D eigenvalue weighted by Gasteiger charge is -2.64. The van der Waals surface area contributed by atoms with Gasteiger partial charge in [-0.15, -0.1) is 0 Å². The maximum Gasteiger partial charge on any atom is 0.335 e. The molecule has 4 N–H and O–H groups in total. The van der Waals surface area contributed by atoms with Crippen molar-refractivity contribution in [3.8, 4) is 0 Å². The smallest absolute Gasteiger partial charge is 0.335 e. The van der Waals surface area contributed by atoms with Crippen LogP contribution in [0.5, 0.6) is 0 Å². The van der Waals surface area contributed by atoms with Gasteiger partial charge in [-0.2, -0.15) is 0 Å². The molecule has 1 heterocycles. The highest BCUT2D eigenvalue weighted by molar-refractivity contribution is 5.65. The molecule has 0 bridgehead atoms. The number of aliphatic hydroxyl groups excluding tert-OH is 2. The van der Waals surface area contributed by atoms with Crippen molar-refractivity contribution in [2.24, 2.45) is 22.7 Å². The van der Waals surface area contributed by atoms with E-state index in [4.69, 9.17) is 4.42 Å². The summed E-state index contributed by atoms with van der Waals surface area (Å²) >= 11 is 0. The zero-order valence-corrected chi connectivity index (χ0v) is 17.6. The first kappa shape index (κ1) is 21.1. The van der Waals surface area contributed by atoms with E-state index in [1.165, 1.54) is 12.3 Å². The highest BCUT2D eigenvalue weighted by Gasteiger charge is 2.74. The Hall–Kier alpha value is -1.80. The van der Waals surface area contributed by atoms with E-state index in [0.29, 0.717) is 31.2 Å². The van der Waals surface area contributed by atoms with E-state index in [9.17, 15) is 30.0 Å². The molecule has 0 aliphatic heterocycles. The summed E-state index contributed by atoms with van der Waals surface area (Å²) in [6.07, 6.45) is 5.95. The van der Waals surface area contributed by atoms with E-state index in [0.717, 1.165) is 6.29 Å². The van der Waals surface area contributed by atoms with Crippen molar-refractivity contribution in [2.45, 2.75) is 74.8 Å². The normalized spacial score (nSPS) is 50.9. The van der Waals surface area contributed by atoms with E-state index >= 15 is 0 Å². The van der Waals surface area contributed by atoms with Gasteiger partial charge in [0.2, 0.25) is 0 Å². The predicted octanol–water partition coefficient (Wildman–Crippen LogP) is 1.28. The van der Waals surface area contributed by atoms with E-state index in [1.54, 1.807) is 12.1 Å². The van der Waals surface area contributed by atoms with Crippen LogP contribution in [0.3, 0.4) is 0 Å². The maximum atomic E-state index is 12.5. The van der Waals surface area contributed by atoms with Gasteiger partial charge in [-0.05, 0) is 49.7 Å². The minimum Gasteiger partial charge on any atom is -0.431 e. The van der Waals surface area contributed by atoms with Gasteiger partial charge in [0.05, 0.1) is 35.1 Å². The summed E-state index contributed by atoms with van der Waals surface area (Å²) < 4.78 is 5.03. The Bertz CT molecular complexity index is 966. The predicted molar refractivity (Wildman–Crippen MR) is 110 cm³/mol. The Kier molecular flexibility index (Phi) is 4.49. The Labute approximate surface area is 180 Å². The molecule has 0 spiro atoms. The fourth-order valence-electron chi connectivity index (χ4n) is 7.98. The van der Waals surface area contributed by atoms with Gasteiger partial charge in [-0.25, -0.2) is 4.79 Å². The van der Waals surface area contributed by atoms with Crippen molar-refractivity contribution < 1.29 is 29.6 Å². The second-order valence-corrected chi connectivity index (χ2v) is 10.4. The number of aliphatic hydroxyl groups is 4. The number of aldehydes is 1. The minimum absolute atomic E-state index is 0.102.